The quantitative estimate of drug-likeness (QED) is 0.725. The molecule has 3 nitrogen and oxygen atoms in total. The monoisotopic (exact) mass is 268 g/mol. The number of β-amino-alcohol motifs (C(OH)–C–C–N with tert-alkyl or cyclic N) is 1. The average Bonchev–Trinajstić information content (AvgIpc) is 2.83. The van der Waals surface area contributed by atoms with Crippen LogP contribution in [-0.4, -0.2) is 48.8 Å². The lowest BCUT2D eigenvalue weighted by atomic mass is 9.84. The van der Waals surface area contributed by atoms with Crippen molar-refractivity contribution >= 4 is 0 Å². The molecule has 0 spiro atoms. The molecule has 1 aliphatic carbocycles. The number of hydrogen-bond acceptors (Lipinski definition) is 3. The third kappa shape index (κ3) is 4.17. The normalized spacial score (nSPS) is 31.7. The lowest BCUT2D eigenvalue weighted by Crippen LogP contribution is -2.49. The topological polar surface area (TPSA) is 35.5 Å². The van der Waals surface area contributed by atoms with E-state index < -0.39 is 0 Å². The molecule has 3 heteroatoms. The van der Waals surface area contributed by atoms with E-state index in [1.807, 2.05) is 0 Å². The summed E-state index contributed by atoms with van der Waals surface area (Å²) in [6.45, 7) is 9.97. The van der Waals surface area contributed by atoms with Gasteiger partial charge in [-0.05, 0) is 50.1 Å². The van der Waals surface area contributed by atoms with E-state index in [4.69, 9.17) is 0 Å². The van der Waals surface area contributed by atoms with Crippen LogP contribution in [0.25, 0.3) is 0 Å². The van der Waals surface area contributed by atoms with E-state index in [9.17, 15) is 5.11 Å². The fraction of sp³-hybridized carbons (Fsp3) is 1.00. The van der Waals surface area contributed by atoms with Crippen LogP contribution in [0.5, 0.6) is 0 Å². The van der Waals surface area contributed by atoms with Gasteiger partial charge in [0.15, 0.2) is 0 Å². The summed E-state index contributed by atoms with van der Waals surface area (Å²) in [6.07, 6.45) is 7.77. The first kappa shape index (κ1) is 15.3. The second kappa shape index (κ2) is 7.05. The Morgan fingerprint density at radius 1 is 1.32 bits per heavy atom. The molecule has 0 bridgehead atoms. The Morgan fingerprint density at radius 2 is 2.05 bits per heavy atom. The van der Waals surface area contributed by atoms with E-state index in [1.165, 1.54) is 51.7 Å². The zero-order valence-electron chi connectivity index (χ0n) is 12.8. The SMILES string of the molecule is CCCNCC1(CN2CCC(C)C(O)C2)CCCC1. The Balaban J connectivity index is 1.86. The van der Waals surface area contributed by atoms with Gasteiger partial charge in [0.25, 0.3) is 0 Å². The van der Waals surface area contributed by atoms with Crippen LogP contribution in [0.4, 0.5) is 0 Å². The zero-order valence-corrected chi connectivity index (χ0v) is 12.8. The Labute approximate surface area is 118 Å². The Hall–Kier alpha value is -0.120. The second-order valence-corrected chi connectivity index (χ2v) is 6.95. The lowest BCUT2D eigenvalue weighted by molar-refractivity contribution is 0.0103. The molecule has 1 saturated carbocycles. The van der Waals surface area contributed by atoms with Crippen molar-refractivity contribution in [2.24, 2.45) is 11.3 Å². The van der Waals surface area contributed by atoms with Crippen LogP contribution in [0.1, 0.15) is 52.4 Å². The molecule has 112 valence electrons. The third-order valence-electron chi connectivity index (χ3n) is 5.15. The highest BCUT2D eigenvalue weighted by Gasteiger charge is 2.36. The maximum atomic E-state index is 10.1. The third-order valence-corrected chi connectivity index (χ3v) is 5.15. The molecule has 1 aliphatic heterocycles. The first-order valence-corrected chi connectivity index (χ1v) is 8.26. The molecule has 2 unspecified atom stereocenters. The van der Waals surface area contributed by atoms with Crippen molar-refractivity contribution < 1.29 is 5.11 Å². The molecule has 2 N–H and O–H groups in total. The van der Waals surface area contributed by atoms with Crippen LogP contribution in [0.2, 0.25) is 0 Å². The molecule has 2 rings (SSSR count). The summed E-state index contributed by atoms with van der Waals surface area (Å²) in [5.41, 5.74) is 0.482. The van der Waals surface area contributed by atoms with E-state index in [1.54, 1.807) is 0 Å². The fourth-order valence-corrected chi connectivity index (χ4v) is 3.78. The predicted molar refractivity (Wildman–Crippen MR) is 80.3 cm³/mol. The summed E-state index contributed by atoms with van der Waals surface area (Å²) >= 11 is 0. The number of nitrogens with zero attached hydrogens (tertiary/aromatic N) is 1. The molecular formula is C16H32N2O. The molecule has 1 saturated heterocycles. The summed E-state index contributed by atoms with van der Waals surface area (Å²) in [7, 11) is 0. The molecule has 0 amide bonds. The van der Waals surface area contributed by atoms with E-state index in [2.05, 4.69) is 24.1 Å². The van der Waals surface area contributed by atoms with Crippen molar-refractivity contribution in [3.63, 3.8) is 0 Å². The van der Waals surface area contributed by atoms with Crippen molar-refractivity contribution in [1.29, 1.82) is 0 Å². The van der Waals surface area contributed by atoms with E-state index in [0.29, 0.717) is 11.3 Å². The number of nitrogens with one attached hydrogen (secondary N) is 1. The zero-order chi connectivity index (χ0) is 13.7. The lowest BCUT2D eigenvalue weighted by Gasteiger charge is -2.40. The van der Waals surface area contributed by atoms with Crippen molar-refractivity contribution in [2.45, 2.75) is 58.5 Å². The summed E-state index contributed by atoms with van der Waals surface area (Å²) < 4.78 is 0. The van der Waals surface area contributed by atoms with Gasteiger partial charge in [-0.25, -0.2) is 0 Å². The van der Waals surface area contributed by atoms with Crippen LogP contribution in [0.3, 0.4) is 0 Å². The molecular weight excluding hydrogens is 236 g/mol. The van der Waals surface area contributed by atoms with Crippen molar-refractivity contribution in [1.82, 2.24) is 10.2 Å². The highest BCUT2D eigenvalue weighted by molar-refractivity contribution is 4.91. The summed E-state index contributed by atoms with van der Waals surface area (Å²) in [5, 5.41) is 13.7. The molecule has 2 atom stereocenters. The van der Waals surface area contributed by atoms with Crippen molar-refractivity contribution in [3.05, 3.63) is 0 Å². The van der Waals surface area contributed by atoms with Gasteiger partial charge in [-0.15, -0.1) is 0 Å². The summed E-state index contributed by atoms with van der Waals surface area (Å²) in [4.78, 5) is 2.52. The van der Waals surface area contributed by atoms with Gasteiger partial charge in [0.2, 0.25) is 0 Å². The number of rotatable bonds is 6. The van der Waals surface area contributed by atoms with Crippen LogP contribution < -0.4 is 5.32 Å². The molecule has 0 aromatic carbocycles. The first-order chi connectivity index (χ1) is 9.15. The minimum atomic E-state index is -0.115. The highest BCUT2D eigenvalue weighted by atomic mass is 16.3. The van der Waals surface area contributed by atoms with Gasteiger partial charge in [0.05, 0.1) is 6.10 Å². The van der Waals surface area contributed by atoms with Crippen LogP contribution in [-0.2, 0) is 0 Å². The van der Waals surface area contributed by atoms with Gasteiger partial charge in [-0.3, -0.25) is 0 Å². The molecule has 0 radical (unpaired) electrons. The maximum absolute atomic E-state index is 10.1. The largest absolute Gasteiger partial charge is 0.392 e. The van der Waals surface area contributed by atoms with Gasteiger partial charge < -0.3 is 15.3 Å². The van der Waals surface area contributed by atoms with Crippen molar-refractivity contribution in [2.75, 3.05) is 32.7 Å². The predicted octanol–water partition coefficient (Wildman–Crippen LogP) is 2.25. The van der Waals surface area contributed by atoms with E-state index in [0.717, 1.165) is 19.5 Å². The molecule has 1 heterocycles. The molecule has 2 aliphatic rings. The number of likely N-dealkylation sites (tertiary alicyclic amines) is 1. The van der Waals surface area contributed by atoms with Crippen molar-refractivity contribution in [3.8, 4) is 0 Å². The summed E-state index contributed by atoms with van der Waals surface area (Å²) in [5.74, 6) is 0.481. The van der Waals surface area contributed by atoms with Gasteiger partial charge in [-0.1, -0.05) is 26.7 Å². The minimum absolute atomic E-state index is 0.115. The smallest absolute Gasteiger partial charge is 0.0693 e. The number of hydrogen-bond donors (Lipinski definition) is 2. The van der Waals surface area contributed by atoms with Gasteiger partial charge >= 0.3 is 0 Å². The minimum Gasteiger partial charge on any atom is -0.392 e. The second-order valence-electron chi connectivity index (χ2n) is 6.95. The molecule has 19 heavy (non-hydrogen) atoms. The van der Waals surface area contributed by atoms with Gasteiger partial charge in [0.1, 0.15) is 0 Å². The average molecular weight is 268 g/mol. The molecule has 2 fully saturated rings. The Kier molecular flexibility index (Phi) is 5.67. The first-order valence-electron chi connectivity index (χ1n) is 8.26. The molecule has 0 aromatic rings. The van der Waals surface area contributed by atoms with E-state index in [-0.39, 0.29) is 6.10 Å². The Morgan fingerprint density at radius 3 is 2.68 bits per heavy atom. The standard InChI is InChI=1S/C16H32N2O/c1-3-9-17-12-16(7-4-5-8-16)13-18-10-6-14(2)15(19)11-18/h14-15,17,19H,3-13H2,1-2H3. The maximum Gasteiger partial charge on any atom is 0.0693 e. The van der Waals surface area contributed by atoms with Crippen LogP contribution >= 0.6 is 0 Å². The van der Waals surface area contributed by atoms with Gasteiger partial charge in [-0.2, -0.15) is 0 Å². The number of piperidine rings is 1. The van der Waals surface area contributed by atoms with Crippen LogP contribution in [0, 0.1) is 11.3 Å². The molecule has 0 aromatic heterocycles. The Bertz CT molecular complexity index is 263. The van der Waals surface area contributed by atoms with Gasteiger partial charge in [0, 0.05) is 19.6 Å². The number of aliphatic hydroxyl groups is 1. The summed E-state index contributed by atoms with van der Waals surface area (Å²) in [6, 6.07) is 0. The number of aliphatic hydroxyl groups excluding tert-OH is 1. The van der Waals surface area contributed by atoms with Crippen LogP contribution in [0.15, 0.2) is 0 Å². The fourth-order valence-electron chi connectivity index (χ4n) is 3.78. The van der Waals surface area contributed by atoms with E-state index >= 15 is 0 Å². The highest BCUT2D eigenvalue weighted by Crippen LogP contribution is 2.39.